The highest BCUT2D eigenvalue weighted by molar-refractivity contribution is 7.26. The van der Waals surface area contributed by atoms with Gasteiger partial charge < -0.3 is 9.71 Å². The number of thiophene rings is 1. The van der Waals surface area contributed by atoms with Crippen molar-refractivity contribution >= 4 is 77.7 Å². The van der Waals surface area contributed by atoms with Crippen molar-refractivity contribution in [3.05, 3.63) is 185 Å². The molecule has 0 saturated heterocycles. The molecule has 5 aliphatic rings. The molecule has 66 heavy (non-hydrogen) atoms. The van der Waals surface area contributed by atoms with Gasteiger partial charge in [0.05, 0.1) is 10.4 Å². The fourth-order valence-corrected chi connectivity index (χ4v) is 14.6. The molecule has 4 heteroatoms. The minimum absolute atomic E-state index is 0.0677. The Balaban J connectivity index is 1.17. The van der Waals surface area contributed by atoms with Crippen molar-refractivity contribution in [2.24, 2.45) is 0 Å². The van der Waals surface area contributed by atoms with Gasteiger partial charge in [-0.3, -0.25) is 0 Å². The van der Waals surface area contributed by atoms with Crippen LogP contribution in [0.4, 0.5) is 28.4 Å². The summed E-state index contributed by atoms with van der Waals surface area (Å²) in [7, 11) is 0. The Morgan fingerprint density at radius 3 is 1.94 bits per heavy atom. The van der Waals surface area contributed by atoms with Crippen LogP contribution in [0.3, 0.4) is 0 Å². The number of hydrogen-bond acceptors (Lipinski definition) is 3. The second-order valence-electron chi connectivity index (χ2n) is 22.3. The fraction of sp³-hybridized carbons (Fsp3) is 0.226. The minimum atomic E-state index is -0.236. The summed E-state index contributed by atoms with van der Waals surface area (Å²) in [6, 6.07) is 58.9. The summed E-state index contributed by atoms with van der Waals surface area (Å²) < 4.78 is 2.66. The van der Waals surface area contributed by atoms with Crippen LogP contribution in [0.25, 0.3) is 53.6 Å². The molecule has 1 aromatic heterocycles. The topological polar surface area (TPSA) is 6.48 Å². The molecule has 320 valence electrons. The molecule has 0 fully saturated rings. The van der Waals surface area contributed by atoms with E-state index in [1.54, 1.807) is 0 Å². The Morgan fingerprint density at radius 1 is 0.455 bits per heavy atom. The number of fused-ring (bicyclic) bond motifs is 14. The first kappa shape index (κ1) is 38.9. The maximum atomic E-state index is 2.78. The lowest BCUT2D eigenvalue weighted by atomic mass is 9.42. The highest BCUT2D eigenvalue weighted by atomic mass is 32.1. The van der Waals surface area contributed by atoms with Crippen LogP contribution < -0.4 is 20.6 Å². The van der Waals surface area contributed by atoms with Gasteiger partial charge in [-0.15, -0.1) is 11.3 Å². The highest BCUT2D eigenvalue weighted by Gasteiger charge is 2.53. The summed E-state index contributed by atoms with van der Waals surface area (Å²) in [5.74, 6) is 0. The van der Waals surface area contributed by atoms with Crippen LogP contribution in [-0.4, -0.2) is 6.85 Å². The van der Waals surface area contributed by atoms with E-state index >= 15 is 0 Å². The molecule has 2 nitrogen and oxygen atoms in total. The van der Waals surface area contributed by atoms with Crippen molar-refractivity contribution in [1.82, 2.24) is 0 Å². The van der Waals surface area contributed by atoms with Crippen molar-refractivity contribution in [2.75, 3.05) is 9.71 Å². The molecular formula is C62H53BN2S. The van der Waals surface area contributed by atoms with Gasteiger partial charge in [0, 0.05) is 54.6 Å². The Labute approximate surface area is 393 Å². The van der Waals surface area contributed by atoms with Gasteiger partial charge in [0.25, 0.3) is 0 Å². The predicted molar refractivity (Wildman–Crippen MR) is 283 cm³/mol. The molecule has 0 spiro atoms. The van der Waals surface area contributed by atoms with Gasteiger partial charge in [-0.2, -0.15) is 0 Å². The normalized spacial score (nSPS) is 18.0. The summed E-state index contributed by atoms with van der Waals surface area (Å²) in [5.41, 5.74) is 25.7. The first-order chi connectivity index (χ1) is 31.8. The number of para-hydroxylation sites is 1. The average Bonchev–Trinajstić information content (AvgIpc) is 3.81. The van der Waals surface area contributed by atoms with Crippen LogP contribution in [0, 0.1) is 0 Å². The van der Waals surface area contributed by atoms with E-state index in [1.165, 1.54) is 139 Å². The van der Waals surface area contributed by atoms with E-state index in [0.29, 0.717) is 0 Å². The second kappa shape index (κ2) is 12.7. The molecule has 9 aromatic rings. The first-order valence-corrected chi connectivity index (χ1v) is 24.9. The molecule has 0 radical (unpaired) electrons. The van der Waals surface area contributed by atoms with E-state index in [9.17, 15) is 0 Å². The molecule has 14 rings (SSSR count). The quantitative estimate of drug-likeness (QED) is 0.160. The van der Waals surface area contributed by atoms with Crippen molar-refractivity contribution in [3.63, 3.8) is 0 Å². The van der Waals surface area contributed by atoms with Gasteiger partial charge in [-0.25, -0.2) is 0 Å². The minimum Gasteiger partial charge on any atom is -0.375 e. The standard InChI is InChI=1S/C62H53BN2S/c1-59(2)30-31-60(3,4)45-34-51-46(33-44(45)59)62(7,8)43-24-17-25-48-57(43)64(51)52-35-47-54(40-21-12-14-23-42(40)61(47,5)6)55-41-29-28-37(36-18-10-9-11-19-36)32-50(41)65(63(48)56(52)55)49-26-16-22-39-38-20-13-15-27-53(38)66-58(39)49/h9-29,32-35H,30-31H2,1-8H3. The highest BCUT2D eigenvalue weighted by Crippen LogP contribution is 2.62. The molecule has 0 unspecified atom stereocenters. The van der Waals surface area contributed by atoms with Crippen LogP contribution in [0.1, 0.15) is 102 Å². The lowest BCUT2D eigenvalue weighted by molar-refractivity contribution is 0.331. The Morgan fingerprint density at radius 2 is 1.12 bits per heavy atom. The van der Waals surface area contributed by atoms with Gasteiger partial charge >= 0.3 is 6.85 Å². The Bertz CT molecular complexity index is 3620. The van der Waals surface area contributed by atoms with Gasteiger partial charge in [0.15, 0.2) is 0 Å². The molecule has 0 atom stereocenters. The maximum Gasteiger partial charge on any atom is 0.333 e. The van der Waals surface area contributed by atoms with E-state index in [2.05, 4.69) is 217 Å². The average molecular weight is 869 g/mol. The zero-order valence-corrected chi connectivity index (χ0v) is 40.0. The predicted octanol–water partition coefficient (Wildman–Crippen LogP) is 15.7. The van der Waals surface area contributed by atoms with Crippen LogP contribution >= 0.6 is 11.3 Å². The third-order valence-electron chi connectivity index (χ3n) is 17.1. The molecule has 0 saturated carbocycles. The maximum absolute atomic E-state index is 2.78. The number of benzene rings is 8. The lowest BCUT2D eigenvalue weighted by Crippen LogP contribution is -2.62. The summed E-state index contributed by atoms with van der Waals surface area (Å²) in [6.07, 6.45) is 2.37. The third kappa shape index (κ3) is 4.83. The molecule has 0 bridgehead atoms. The first-order valence-electron chi connectivity index (χ1n) is 24.1. The Kier molecular flexibility index (Phi) is 7.51. The van der Waals surface area contributed by atoms with Crippen molar-refractivity contribution in [2.45, 2.75) is 89.9 Å². The van der Waals surface area contributed by atoms with Gasteiger partial charge in [0.1, 0.15) is 0 Å². The largest absolute Gasteiger partial charge is 0.375 e. The summed E-state index contributed by atoms with van der Waals surface area (Å²) in [4.78, 5) is 5.54. The van der Waals surface area contributed by atoms with E-state index in [0.717, 1.165) is 0 Å². The van der Waals surface area contributed by atoms with E-state index in [1.807, 2.05) is 11.3 Å². The SMILES string of the molecule is CC1(C)CCC(C)(C)c2cc3c(cc21)N1c2cc4c(c5c2B(c2cccc(c21)C3(C)C)N(c1cccc2c1sc1ccccc12)c1cc(-c2ccccc2)ccc1-5)-c1ccccc1C4(C)C. The van der Waals surface area contributed by atoms with Gasteiger partial charge in [-0.05, 0) is 126 Å². The lowest BCUT2D eigenvalue weighted by Gasteiger charge is -2.52. The second-order valence-corrected chi connectivity index (χ2v) is 23.3. The smallest absolute Gasteiger partial charge is 0.333 e. The van der Waals surface area contributed by atoms with E-state index < -0.39 is 0 Å². The summed E-state index contributed by atoms with van der Waals surface area (Å²) >= 11 is 1.94. The molecule has 4 heterocycles. The molecule has 2 aliphatic carbocycles. The van der Waals surface area contributed by atoms with Crippen LogP contribution in [-0.2, 0) is 21.7 Å². The van der Waals surface area contributed by atoms with Crippen LogP contribution in [0.2, 0.25) is 0 Å². The molecule has 0 N–H and O–H groups in total. The van der Waals surface area contributed by atoms with Gasteiger partial charge in [-0.1, -0.05) is 177 Å². The van der Waals surface area contributed by atoms with Crippen LogP contribution in [0.15, 0.2) is 152 Å². The van der Waals surface area contributed by atoms with Crippen LogP contribution in [0.5, 0.6) is 0 Å². The summed E-state index contributed by atoms with van der Waals surface area (Å²) in [6.45, 7) is 19.7. The van der Waals surface area contributed by atoms with E-state index in [4.69, 9.17) is 0 Å². The molecule has 8 aromatic carbocycles. The zero-order chi connectivity index (χ0) is 44.8. The van der Waals surface area contributed by atoms with E-state index in [-0.39, 0.29) is 28.5 Å². The molecule has 0 amide bonds. The Hall–Kier alpha value is -6.36. The molecular weight excluding hydrogens is 816 g/mol. The van der Waals surface area contributed by atoms with Crippen molar-refractivity contribution < 1.29 is 0 Å². The monoisotopic (exact) mass is 868 g/mol. The zero-order valence-electron chi connectivity index (χ0n) is 39.2. The fourth-order valence-electron chi connectivity index (χ4n) is 13.4. The summed E-state index contributed by atoms with van der Waals surface area (Å²) in [5, 5.41) is 2.65. The van der Waals surface area contributed by atoms with Gasteiger partial charge in [0.2, 0.25) is 0 Å². The third-order valence-corrected chi connectivity index (χ3v) is 18.3. The number of hydrogen-bond donors (Lipinski definition) is 0. The number of nitrogens with zero attached hydrogens (tertiary/aromatic N) is 2. The number of rotatable bonds is 2. The number of anilines is 5. The van der Waals surface area contributed by atoms with Crippen molar-refractivity contribution in [3.8, 4) is 33.4 Å². The molecule has 3 aliphatic heterocycles. The van der Waals surface area contributed by atoms with Crippen molar-refractivity contribution in [1.29, 1.82) is 0 Å².